The van der Waals surface area contributed by atoms with Gasteiger partial charge in [-0.25, -0.2) is 0 Å². The molecule has 2 aromatic rings. The average Bonchev–Trinajstić information content (AvgIpc) is 2.87. The summed E-state index contributed by atoms with van der Waals surface area (Å²) in [5.74, 6) is 0.990. The molecule has 1 atom stereocenters. The van der Waals surface area contributed by atoms with E-state index in [4.69, 9.17) is 19.9 Å². The molecule has 0 saturated heterocycles. The van der Waals surface area contributed by atoms with Gasteiger partial charge in [0, 0.05) is 35.8 Å². The van der Waals surface area contributed by atoms with Crippen LogP contribution in [0.4, 0.5) is 0 Å². The molecular formula is C30H34BrN3O4. The zero-order valence-electron chi connectivity index (χ0n) is 22.3. The van der Waals surface area contributed by atoms with E-state index in [0.29, 0.717) is 67.7 Å². The van der Waals surface area contributed by atoms with Crippen LogP contribution >= 0.6 is 15.9 Å². The van der Waals surface area contributed by atoms with Gasteiger partial charge >= 0.3 is 0 Å². The molecule has 4 rings (SSSR count). The molecule has 200 valence electrons. The van der Waals surface area contributed by atoms with Crippen LogP contribution in [0.25, 0.3) is 0 Å². The fourth-order valence-corrected chi connectivity index (χ4v) is 5.44. The lowest BCUT2D eigenvalue weighted by molar-refractivity contribution is -0.118. The third-order valence-electron chi connectivity index (χ3n) is 6.91. The summed E-state index contributed by atoms with van der Waals surface area (Å²) in [5.41, 5.74) is 10.1. The highest BCUT2D eigenvalue weighted by Crippen LogP contribution is 2.49. The largest absolute Gasteiger partial charge is 0.490 e. The Bertz CT molecular complexity index is 1310. The fraction of sp³-hybridized carbons (Fsp3) is 0.400. The molecule has 0 bridgehead atoms. The maximum absolute atomic E-state index is 13.6. The summed E-state index contributed by atoms with van der Waals surface area (Å²) >= 11 is 3.45. The van der Waals surface area contributed by atoms with E-state index >= 15 is 0 Å². The monoisotopic (exact) mass is 579 g/mol. The van der Waals surface area contributed by atoms with Crippen molar-refractivity contribution in [2.75, 3.05) is 26.9 Å². The minimum absolute atomic E-state index is 0.0393. The summed E-state index contributed by atoms with van der Waals surface area (Å²) in [7, 11) is 1.62. The number of ether oxygens (including phenoxy) is 3. The number of nitriles is 1. The third kappa shape index (κ3) is 5.74. The number of Topliss-reactive ketones (excluding diaryl/α,β-unsaturated/α-hetero) is 1. The van der Waals surface area contributed by atoms with Crippen molar-refractivity contribution in [2.24, 2.45) is 11.1 Å². The van der Waals surface area contributed by atoms with Crippen molar-refractivity contribution in [3.8, 4) is 17.6 Å². The molecule has 0 spiro atoms. The summed E-state index contributed by atoms with van der Waals surface area (Å²) in [6.07, 6.45) is 1.09. The molecular weight excluding hydrogens is 546 g/mol. The third-order valence-corrected chi connectivity index (χ3v) is 7.44. The first kappa shape index (κ1) is 27.7. The average molecular weight is 581 g/mol. The first-order valence-corrected chi connectivity index (χ1v) is 13.5. The van der Waals surface area contributed by atoms with Crippen LogP contribution in [0.3, 0.4) is 0 Å². The van der Waals surface area contributed by atoms with Crippen molar-refractivity contribution in [3.63, 3.8) is 0 Å². The molecule has 1 heterocycles. The van der Waals surface area contributed by atoms with Crippen molar-refractivity contribution < 1.29 is 19.0 Å². The molecule has 2 N–H and O–H groups in total. The van der Waals surface area contributed by atoms with Crippen LogP contribution < -0.4 is 15.2 Å². The SMILES string of the molecule is CCOc1cc([C@@H]2C(C#N)=C(N)N(CCOC)C3=C2C(=O)CC(C)(C)C3)ccc1OCc1ccc(Br)cc1. The maximum atomic E-state index is 13.6. The number of hydrogen-bond donors (Lipinski definition) is 1. The number of halogens is 1. The normalized spacial score (nSPS) is 18.8. The molecule has 0 aromatic heterocycles. The fourth-order valence-electron chi connectivity index (χ4n) is 5.18. The second kappa shape index (κ2) is 11.6. The molecule has 0 saturated carbocycles. The highest BCUT2D eigenvalue weighted by atomic mass is 79.9. The first-order valence-electron chi connectivity index (χ1n) is 12.8. The summed E-state index contributed by atoms with van der Waals surface area (Å²) < 4.78 is 18.4. The van der Waals surface area contributed by atoms with Crippen molar-refractivity contribution in [2.45, 2.75) is 46.1 Å². The number of rotatable bonds is 9. The minimum Gasteiger partial charge on any atom is -0.490 e. The second-order valence-corrected chi connectivity index (χ2v) is 11.3. The van der Waals surface area contributed by atoms with Crippen LogP contribution in [-0.2, 0) is 16.1 Å². The van der Waals surface area contributed by atoms with Gasteiger partial charge in [-0.1, -0.05) is 48.0 Å². The predicted octanol–water partition coefficient (Wildman–Crippen LogP) is 5.81. The van der Waals surface area contributed by atoms with Gasteiger partial charge in [0.25, 0.3) is 0 Å². The van der Waals surface area contributed by atoms with E-state index in [0.717, 1.165) is 21.3 Å². The Hall–Kier alpha value is -3.28. The van der Waals surface area contributed by atoms with Crippen molar-refractivity contribution in [1.82, 2.24) is 4.90 Å². The molecule has 0 fully saturated rings. The molecule has 0 radical (unpaired) electrons. The Kier molecular flexibility index (Phi) is 8.49. The van der Waals surface area contributed by atoms with Crippen LogP contribution in [0.15, 0.2) is 69.6 Å². The Balaban J connectivity index is 1.76. The molecule has 0 amide bonds. The molecule has 2 aliphatic rings. The Morgan fingerprint density at radius 2 is 1.87 bits per heavy atom. The summed E-state index contributed by atoms with van der Waals surface area (Å²) in [4.78, 5) is 15.5. The molecule has 38 heavy (non-hydrogen) atoms. The van der Waals surface area contributed by atoms with E-state index in [9.17, 15) is 10.1 Å². The van der Waals surface area contributed by atoms with E-state index < -0.39 is 5.92 Å². The molecule has 2 aromatic carbocycles. The second-order valence-electron chi connectivity index (χ2n) is 10.3. The van der Waals surface area contributed by atoms with Gasteiger partial charge in [-0.2, -0.15) is 5.26 Å². The predicted molar refractivity (Wildman–Crippen MR) is 149 cm³/mol. The molecule has 0 unspecified atom stereocenters. The first-order chi connectivity index (χ1) is 18.2. The highest BCUT2D eigenvalue weighted by molar-refractivity contribution is 9.10. The quantitative estimate of drug-likeness (QED) is 0.400. The molecule has 8 heteroatoms. The summed E-state index contributed by atoms with van der Waals surface area (Å²) in [6, 6.07) is 15.9. The molecule has 1 aliphatic heterocycles. The van der Waals surface area contributed by atoms with Gasteiger partial charge in [0.05, 0.1) is 30.8 Å². The van der Waals surface area contributed by atoms with E-state index in [1.54, 1.807) is 7.11 Å². The number of hydrogen-bond acceptors (Lipinski definition) is 7. The Labute approximate surface area is 233 Å². The molecule has 1 aliphatic carbocycles. The maximum Gasteiger partial charge on any atom is 0.162 e. The van der Waals surface area contributed by atoms with Gasteiger partial charge in [0.15, 0.2) is 17.3 Å². The van der Waals surface area contributed by atoms with Crippen molar-refractivity contribution >= 4 is 21.7 Å². The number of methoxy groups -OCH3 is 1. The van der Waals surface area contributed by atoms with Gasteiger partial charge in [0.2, 0.25) is 0 Å². The van der Waals surface area contributed by atoms with Crippen molar-refractivity contribution in [3.05, 3.63) is 80.7 Å². The van der Waals surface area contributed by atoms with Crippen LogP contribution in [0, 0.1) is 16.7 Å². The lowest BCUT2D eigenvalue weighted by Crippen LogP contribution is -2.43. The van der Waals surface area contributed by atoms with E-state index in [1.807, 2.05) is 54.3 Å². The van der Waals surface area contributed by atoms with Gasteiger partial charge < -0.3 is 24.8 Å². The topological polar surface area (TPSA) is 97.8 Å². The van der Waals surface area contributed by atoms with Crippen LogP contribution in [0.1, 0.15) is 50.7 Å². The number of nitrogens with zero attached hydrogens (tertiary/aromatic N) is 2. The van der Waals surface area contributed by atoms with Gasteiger partial charge in [-0.3, -0.25) is 4.79 Å². The number of allylic oxidation sites excluding steroid dienone is 3. The summed E-state index contributed by atoms with van der Waals surface area (Å²) in [6.45, 7) is 7.79. The Morgan fingerprint density at radius 3 is 2.53 bits per heavy atom. The number of carbonyl (C=O) groups excluding carboxylic acids is 1. The number of nitrogens with two attached hydrogens (primary N) is 1. The molecule has 7 nitrogen and oxygen atoms in total. The smallest absolute Gasteiger partial charge is 0.162 e. The van der Waals surface area contributed by atoms with Crippen molar-refractivity contribution in [1.29, 1.82) is 5.26 Å². The highest BCUT2D eigenvalue weighted by Gasteiger charge is 2.44. The van der Waals surface area contributed by atoms with E-state index in [-0.39, 0.29) is 11.2 Å². The van der Waals surface area contributed by atoms with Crippen LogP contribution in [0.2, 0.25) is 0 Å². The number of benzene rings is 2. The van der Waals surface area contributed by atoms with E-state index in [2.05, 4.69) is 35.8 Å². The number of ketones is 1. The zero-order valence-corrected chi connectivity index (χ0v) is 23.9. The minimum atomic E-state index is -0.572. The van der Waals surface area contributed by atoms with Gasteiger partial charge in [0.1, 0.15) is 12.4 Å². The Morgan fingerprint density at radius 1 is 1.13 bits per heavy atom. The van der Waals surface area contributed by atoms with Crippen LogP contribution in [0.5, 0.6) is 11.5 Å². The van der Waals surface area contributed by atoms with Crippen LogP contribution in [-0.4, -0.2) is 37.6 Å². The van der Waals surface area contributed by atoms with Gasteiger partial charge in [-0.15, -0.1) is 0 Å². The standard InChI is InChI=1S/C30H34BrN3O4/c1-5-37-26-14-20(8-11-25(26)38-18-19-6-9-21(31)10-7-19)27-22(17-32)29(33)34(12-13-36-4)23-15-30(2,3)16-24(35)28(23)27/h6-11,14,27H,5,12-13,15-16,18,33H2,1-4H3/t27-/m1/s1. The van der Waals surface area contributed by atoms with Gasteiger partial charge in [-0.05, 0) is 54.2 Å². The lowest BCUT2D eigenvalue weighted by atomic mass is 9.68. The lowest BCUT2D eigenvalue weighted by Gasteiger charge is -2.43. The summed E-state index contributed by atoms with van der Waals surface area (Å²) in [5, 5.41) is 10.2. The zero-order chi connectivity index (χ0) is 27.4. The van der Waals surface area contributed by atoms with E-state index in [1.165, 1.54) is 0 Å². The number of carbonyl (C=O) groups is 1.